The number of aromatic hydroxyl groups is 1. The van der Waals surface area contributed by atoms with Crippen LogP contribution in [0.15, 0.2) is 24.3 Å². The minimum absolute atomic E-state index is 0.0159. The number of phenolic OH excluding ortho intramolecular Hbond substituents is 1. The van der Waals surface area contributed by atoms with Crippen LogP contribution in [-0.2, 0) is 9.53 Å². The van der Waals surface area contributed by atoms with E-state index in [4.69, 9.17) is 14.9 Å². The van der Waals surface area contributed by atoms with Gasteiger partial charge in [-0.3, -0.25) is 14.9 Å². The number of hydrogen-bond acceptors (Lipinski definition) is 9. The lowest BCUT2D eigenvalue weighted by Gasteiger charge is -2.40. The molecular formula is C14H20N2O9. The van der Waals surface area contributed by atoms with Gasteiger partial charge in [0.25, 0.3) is 5.69 Å². The number of nitrogens with zero attached hydrogens (tertiary/aromatic N) is 1. The van der Waals surface area contributed by atoms with Crippen LogP contribution in [0.4, 0.5) is 5.69 Å². The number of benzene rings is 1. The smallest absolute Gasteiger partial charge is 0.269 e. The predicted molar refractivity (Wildman–Crippen MR) is 82.3 cm³/mol. The van der Waals surface area contributed by atoms with Crippen molar-refractivity contribution in [3.8, 4) is 5.75 Å². The number of hydrogen-bond donors (Lipinski definition) is 6. The Labute approximate surface area is 142 Å². The highest BCUT2D eigenvalue weighted by atomic mass is 16.6. The van der Waals surface area contributed by atoms with Crippen LogP contribution in [0, 0.1) is 10.1 Å². The van der Waals surface area contributed by atoms with Crippen molar-refractivity contribution in [3.63, 3.8) is 0 Å². The van der Waals surface area contributed by atoms with Crippen molar-refractivity contribution in [1.29, 1.82) is 0 Å². The summed E-state index contributed by atoms with van der Waals surface area (Å²) in [5.41, 5.74) is -0.0159. The molecule has 1 fully saturated rings. The van der Waals surface area contributed by atoms with Gasteiger partial charge in [0, 0.05) is 19.1 Å². The maximum Gasteiger partial charge on any atom is 0.269 e. The predicted octanol–water partition coefficient (Wildman–Crippen LogP) is -1.78. The summed E-state index contributed by atoms with van der Waals surface area (Å²) in [6.45, 7) is 0.687. The van der Waals surface area contributed by atoms with E-state index in [1.807, 2.05) is 0 Å². The van der Waals surface area contributed by atoms with Gasteiger partial charge in [0.05, 0.1) is 11.5 Å². The van der Waals surface area contributed by atoms with E-state index in [0.717, 1.165) is 0 Å². The zero-order valence-electron chi connectivity index (χ0n) is 13.2. The number of aliphatic hydroxyl groups excluding tert-OH is 4. The number of nitro groups is 1. The number of carbonyl (C=O) groups excluding carboxylic acids is 1. The average molecular weight is 360 g/mol. The van der Waals surface area contributed by atoms with E-state index in [1.165, 1.54) is 31.2 Å². The fourth-order valence-electron chi connectivity index (χ4n) is 2.06. The third-order valence-corrected chi connectivity index (χ3v) is 3.33. The molecule has 1 aromatic carbocycles. The van der Waals surface area contributed by atoms with Crippen molar-refractivity contribution in [3.05, 3.63) is 34.4 Å². The summed E-state index contributed by atoms with van der Waals surface area (Å²) in [5.74, 6) is -0.429. The normalized spacial score (nSPS) is 28.4. The van der Waals surface area contributed by atoms with Gasteiger partial charge in [-0.15, -0.1) is 0 Å². The molecule has 25 heavy (non-hydrogen) atoms. The van der Waals surface area contributed by atoms with Crippen molar-refractivity contribution >= 4 is 11.6 Å². The molecule has 0 saturated carbocycles. The van der Waals surface area contributed by atoms with E-state index >= 15 is 0 Å². The SMILES string of the molecule is CC(=O)N[C@H]1C(O)O[C@H](CO)[C@@H](O)[C@@H]1O.O=[N+]([O-])c1ccc(O)cc1. The minimum Gasteiger partial charge on any atom is -0.508 e. The highest BCUT2D eigenvalue weighted by Gasteiger charge is 2.43. The van der Waals surface area contributed by atoms with E-state index in [1.54, 1.807) is 0 Å². The van der Waals surface area contributed by atoms with Gasteiger partial charge in [-0.05, 0) is 12.1 Å². The quantitative estimate of drug-likeness (QED) is 0.268. The molecule has 0 radical (unpaired) electrons. The third-order valence-electron chi connectivity index (χ3n) is 3.33. The first-order valence-corrected chi connectivity index (χ1v) is 7.18. The van der Waals surface area contributed by atoms with Crippen LogP contribution in [0.3, 0.4) is 0 Å². The zero-order chi connectivity index (χ0) is 19.1. The van der Waals surface area contributed by atoms with Crippen molar-refractivity contribution in [1.82, 2.24) is 5.32 Å². The number of rotatable bonds is 3. The Morgan fingerprint density at radius 3 is 2.24 bits per heavy atom. The second-order valence-electron chi connectivity index (χ2n) is 5.23. The summed E-state index contributed by atoms with van der Waals surface area (Å²) >= 11 is 0. The third kappa shape index (κ3) is 5.92. The van der Waals surface area contributed by atoms with E-state index in [2.05, 4.69) is 5.32 Å². The zero-order valence-corrected chi connectivity index (χ0v) is 13.2. The fraction of sp³-hybridized carbons (Fsp3) is 0.500. The van der Waals surface area contributed by atoms with Crippen LogP contribution in [0.5, 0.6) is 5.75 Å². The number of carbonyl (C=O) groups is 1. The van der Waals surface area contributed by atoms with Crippen molar-refractivity contribution in [2.24, 2.45) is 0 Å². The van der Waals surface area contributed by atoms with Gasteiger partial charge in [0.1, 0.15) is 30.1 Å². The Bertz CT molecular complexity index is 580. The molecule has 0 spiro atoms. The molecule has 1 aromatic rings. The maximum absolute atomic E-state index is 10.7. The maximum atomic E-state index is 10.7. The summed E-state index contributed by atoms with van der Waals surface area (Å²) in [7, 11) is 0. The Balaban J connectivity index is 0.000000271. The van der Waals surface area contributed by atoms with Gasteiger partial charge in [-0.1, -0.05) is 0 Å². The van der Waals surface area contributed by atoms with Gasteiger partial charge in [0.15, 0.2) is 6.29 Å². The summed E-state index contributed by atoms with van der Waals surface area (Å²) in [6, 6.07) is 3.95. The van der Waals surface area contributed by atoms with E-state index in [-0.39, 0.29) is 11.4 Å². The summed E-state index contributed by atoms with van der Waals surface area (Å²) in [5, 5.41) is 58.1. The summed E-state index contributed by atoms with van der Waals surface area (Å²) in [6.07, 6.45) is -5.24. The standard InChI is InChI=1S/C8H15NO6.C6H5NO3/c1-3(11)9-5-7(13)6(12)4(2-10)15-8(5)14;8-6-3-1-5(2-4-6)7(9)10/h4-8,10,12-14H,2H2,1H3,(H,9,11);1-4,8H/t4-,5-,6-,7-,8?;/m1./s1. The van der Waals surface area contributed by atoms with Crippen LogP contribution < -0.4 is 5.32 Å². The number of phenols is 1. The van der Waals surface area contributed by atoms with E-state index in [9.17, 15) is 30.2 Å². The number of non-ortho nitro benzene ring substituents is 1. The van der Waals surface area contributed by atoms with Crippen molar-refractivity contribution in [2.75, 3.05) is 6.61 Å². The molecule has 1 heterocycles. The molecule has 11 nitrogen and oxygen atoms in total. The Morgan fingerprint density at radius 2 is 1.80 bits per heavy atom. The Hall–Kier alpha value is -2.31. The molecular weight excluding hydrogens is 340 g/mol. The minimum atomic E-state index is -1.45. The number of aliphatic hydroxyl groups is 4. The first-order chi connectivity index (χ1) is 11.7. The van der Waals surface area contributed by atoms with Crippen molar-refractivity contribution in [2.45, 2.75) is 37.6 Å². The highest BCUT2D eigenvalue weighted by Crippen LogP contribution is 2.19. The molecule has 1 aliphatic rings. The van der Waals surface area contributed by atoms with Crippen LogP contribution in [0.2, 0.25) is 0 Å². The van der Waals surface area contributed by atoms with Crippen LogP contribution >= 0.6 is 0 Å². The van der Waals surface area contributed by atoms with Crippen molar-refractivity contribution < 1.29 is 40.0 Å². The summed E-state index contributed by atoms with van der Waals surface area (Å²) in [4.78, 5) is 20.3. The monoisotopic (exact) mass is 360 g/mol. The van der Waals surface area contributed by atoms with E-state index < -0.39 is 48.1 Å². The largest absolute Gasteiger partial charge is 0.508 e. The number of ether oxygens (including phenoxy) is 1. The molecule has 1 amide bonds. The molecule has 11 heteroatoms. The van der Waals surface area contributed by atoms with Crippen LogP contribution in [-0.4, -0.2) is 73.6 Å². The van der Waals surface area contributed by atoms with Gasteiger partial charge < -0.3 is 35.6 Å². The molecule has 0 aliphatic carbocycles. The summed E-state index contributed by atoms with van der Waals surface area (Å²) < 4.78 is 4.81. The van der Waals surface area contributed by atoms with Gasteiger partial charge in [0.2, 0.25) is 5.91 Å². The van der Waals surface area contributed by atoms with Crippen LogP contribution in [0.25, 0.3) is 0 Å². The molecule has 1 saturated heterocycles. The molecule has 1 aliphatic heterocycles. The lowest BCUT2D eigenvalue weighted by Crippen LogP contribution is -2.63. The lowest BCUT2D eigenvalue weighted by molar-refractivity contribution is -0.384. The number of amides is 1. The van der Waals surface area contributed by atoms with Crippen LogP contribution in [0.1, 0.15) is 6.92 Å². The topological polar surface area (TPSA) is 183 Å². The molecule has 2 rings (SSSR count). The van der Waals surface area contributed by atoms with Gasteiger partial charge in [-0.25, -0.2) is 0 Å². The second-order valence-corrected chi connectivity index (χ2v) is 5.23. The molecule has 140 valence electrons. The van der Waals surface area contributed by atoms with Gasteiger partial charge in [-0.2, -0.15) is 0 Å². The first kappa shape index (κ1) is 20.7. The fourth-order valence-corrected chi connectivity index (χ4v) is 2.06. The number of nitrogens with one attached hydrogen (secondary N) is 1. The molecule has 1 unspecified atom stereocenters. The van der Waals surface area contributed by atoms with Gasteiger partial charge >= 0.3 is 0 Å². The molecule has 5 atom stereocenters. The lowest BCUT2D eigenvalue weighted by atomic mass is 9.97. The van der Waals surface area contributed by atoms with E-state index in [0.29, 0.717) is 0 Å². The molecule has 0 bridgehead atoms. The first-order valence-electron chi connectivity index (χ1n) is 7.18. The number of nitro benzene ring substituents is 1. The molecule has 0 aromatic heterocycles. The second kappa shape index (κ2) is 9.25. The Kier molecular flexibility index (Phi) is 7.67. The molecule has 6 N–H and O–H groups in total. The Morgan fingerprint density at radius 1 is 1.24 bits per heavy atom. The average Bonchev–Trinajstić information content (AvgIpc) is 2.55. The highest BCUT2D eigenvalue weighted by molar-refractivity contribution is 5.73.